The van der Waals surface area contributed by atoms with Gasteiger partial charge < -0.3 is 10.2 Å². The number of rotatable bonds is 5. The number of nitrogens with zero attached hydrogens (tertiary/aromatic N) is 1. The Morgan fingerprint density at radius 1 is 1.00 bits per heavy atom. The third kappa shape index (κ3) is 5.36. The molecule has 0 saturated carbocycles. The molecule has 27 heavy (non-hydrogen) atoms. The molecular formula is C22H26N2O2S. The van der Waals surface area contributed by atoms with E-state index in [2.05, 4.69) is 19.2 Å². The number of carbonyl (C=O) groups is 2. The molecule has 3 rings (SSSR count). The third-order valence-corrected chi connectivity index (χ3v) is 5.71. The maximum atomic E-state index is 12.4. The second kappa shape index (κ2) is 9.09. The largest absolute Gasteiger partial charge is 0.341 e. The zero-order valence-corrected chi connectivity index (χ0v) is 16.7. The van der Waals surface area contributed by atoms with Gasteiger partial charge in [-0.25, -0.2) is 0 Å². The third-order valence-electron chi connectivity index (χ3n) is 4.77. The van der Waals surface area contributed by atoms with E-state index in [4.69, 9.17) is 0 Å². The van der Waals surface area contributed by atoms with Gasteiger partial charge in [0.1, 0.15) is 0 Å². The summed E-state index contributed by atoms with van der Waals surface area (Å²) >= 11 is 1.90. The Bertz CT molecular complexity index is 779. The summed E-state index contributed by atoms with van der Waals surface area (Å²) in [5, 5.41) is 2.91. The van der Waals surface area contributed by atoms with Crippen molar-refractivity contribution in [2.24, 2.45) is 0 Å². The SMILES string of the molecule is CC(C)c1ccc(C(=O)Nc2ccc(CC(=O)N3CCSCC3)cc2)cc1. The normalized spacial score (nSPS) is 14.3. The van der Waals surface area contributed by atoms with Crippen molar-refractivity contribution in [3.63, 3.8) is 0 Å². The minimum atomic E-state index is -0.125. The van der Waals surface area contributed by atoms with Crippen LogP contribution in [0.2, 0.25) is 0 Å². The van der Waals surface area contributed by atoms with Crippen LogP contribution < -0.4 is 5.32 Å². The molecule has 1 fully saturated rings. The molecule has 0 radical (unpaired) electrons. The maximum absolute atomic E-state index is 12.4. The Balaban J connectivity index is 1.56. The van der Waals surface area contributed by atoms with Gasteiger partial charge in [-0.1, -0.05) is 38.1 Å². The van der Waals surface area contributed by atoms with Crippen LogP contribution in [-0.4, -0.2) is 41.3 Å². The first-order valence-electron chi connectivity index (χ1n) is 9.38. The van der Waals surface area contributed by atoms with Crippen molar-refractivity contribution in [3.8, 4) is 0 Å². The molecule has 1 aliphatic rings. The second-order valence-corrected chi connectivity index (χ2v) is 8.32. The summed E-state index contributed by atoms with van der Waals surface area (Å²) in [5.74, 6) is 2.54. The van der Waals surface area contributed by atoms with Crippen LogP contribution in [0, 0.1) is 0 Å². The minimum Gasteiger partial charge on any atom is -0.341 e. The van der Waals surface area contributed by atoms with Crippen molar-refractivity contribution >= 4 is 29.3 Å². The number of hydrogen-bond donors (Lipinski definition) is 1. The summed E-state index contributed by atoms with van der Waals surface area (Å²) in [7, 11) is 0. The first-order valence-corrected chi connectivity index (χ1v) is 10.5. The van der Waals surface area contributed by atoms with Crippen molar-refractivity contribution in [2.75, 3.05) is 29.9 Å². The average Bonchev–Trinajstić information content (AvgIpc) is 2.70. The Morgan fingerprint density at radius 3 is 2.22 bits per heavy atom. The van der Waals surface area contributed by atoms with Crippen LogP contribution in [0.4, 0.5) is 5.69 Å². The fourth-order valence-electron chi connectivity index (χ4n) is 3.03. The van der Waals surface area contributed by atoms with Crippen LogP contribution in [0.25, 0.3) is 0 Å². The summed E-state index contributed by atoms with van der Waals surface area (Å²) in [4.78, 5) is 26.7. The van der Waals surface area contributed by atoms with Crippen LogP contribution in [0.15, 0.2) is 48.5 Å². The second-order valence-electron chi connectivity index (χ2n) is 7.10. The molecule has 2 aromatic carbocycles. The predicted octanol–water partition coefficient (Wildman–Crippen LogP) is 4.18. The van der Waals surface area contributed by atoms with Gasteiger partial charge in [-0.2, -0.15) is 11.8 Å². The highest BCUT2D eigenvalue weighted by atomic mass is 32.2. The molecule has 0 atom stereocenters. The molecule has 0 spiro atoms. The highest BCUT2D eigenvalue weighted by molar-refractivity contribution is 7.99. The van der Waals surface area contributed by atoms with Gasteiger partial charge in [-0.15, -0.1) is 0 Å². The van der Waals surface area contributed by atoms with E-state index in [0.29, 0.717) is 17.9 Å². The number of benzene rings is 2. The van der Waals surface area contributed by atoms with Crippen molar-refractivity contribution in [3.05, 3.63) is 65.2 Å². The number of thioether (sulfide) groups is 1. The maximum Gasteiger partial charge on any atom is 0.255 e. The Kier molecular flexibility index (Phi) is 6.56. The summed E-state index contributed by atoms with van der Waals surface area (Å²) in [6.07, 6.45) is 0.412. The first kappa shape index (κ1) is 19.5. The van der Waals surface area contributed by atoms with Crippen LogP contribution in [0.1, 0.15) is 41.3 Å². The molecular weight excluding hydrogens is 356 g/mol. The smallest absolute Gasteiger partial charge is 0.255 e. The van der Waals surface area contributed by atoms with E-state index in [0.717, 1.165) is 35.8 Å². The number of nitrogens with one attached hydrogen (secondary N) is 1. The predicted molar refractivity (Wildman–Crippen MR) is 113 cm³/mol. The topological polar surface area (TPSA) is 49.4 Å². The van der Waals surface area contributed by atoms with E-state index in [1.54, 1.807) is 0 Å². The zero-order valence-electron chi connectivity index (χ0n) is 15.9. The van der Waals surface area contributed by atoms with Crippen LogP contribution >= 0.6 is 11.8 Å². The lowest BCUT2D eigenvalue weighted by atomic mass is 10.0. The van der Waals surface area contributed by atoms with Gasteiger partial charge in [0.05, 0.1) is 6.42 Å². The van der Waals surface area contributed by atoms with Gasteiger partial charge in [-0.3, -0.25) is 9.59 Å². The number of anilines is 1. The lowest BCUT2D eigenvalue weighted by molar-refractivity contribution is -0.130. The quantitative estimate of drug-likeness (QED) is 0.844. The molecule has 2 aromatic rings. The standard InChI is InChI=1S/C22H26N2O2S/c1-16(2)18-5-7-19(8-6-18)22(26)23-20-9-3-17(4-10-20)15-21(25)24-11-13-27-14-12-24/h3-10,16H,11-15H2,1-2H3,(H,23,26). The lowest BCUT2D eigenvalue weighted by Crippen LogP contribution is -2.38. The molecule has 0 unspecified atom stereocenters. The summed E-state index contributed by atoms with van der Waals surface area (Å²) < 4.78 is 0. The average molecular weight is 383 g/mol. The van der Waals surface area contributed by atoms with Gasteiger partial charge in [0, 0.05) is 35.8 Å². The number of hydrogen-bond acceptors (Lipinski definition) is 3. The van der Waals surface area contributed by atoms with E-state index < -0.39 is 0 Å². The Labute approximate surface area is 165 Å². The molecule has 0 bridgehead atoms. The van der Waals surface area contributed by atoms with Crippen LogP contribution in [0.3, 0.4) is 0 Å². The van der Waals surface area contributed by atoms with Crippen molar-refractivity contribution < 1.29 is 9.59 Å². The molecule has 1 saturated heterocycles. The van der Waals surface area contributed by atoms with E-state index in [9.17, 15) is 9.59 Å². The van der Waals surface area contributed by atoms with Crippen molar-refractivity contribution in [2.45, 2.75) is 26.2 Å². The van der Waals surface area contributed by atoms with Crippen molar-refractivity contribution in [1.29, 1.82) is 0 Å². The molecule has 1 heterocycles. The van der Waals surface area contributed by atoms with Gasteiger partial charge in [-0.05, 0) is 41.3 Å². The fourth-order valence-corrected chi connectivity index (χ4v) is 3.93. The van der Waals surface area contributed by atoms with Gasteiger partial charge in [0.15, 0.2) is 0 Å². The number of amides is 2. The molecule has 1 N–H and O–H groups in total. The van der Waals surface area contributed by atoms with E-state index >= 15 is 0 Å². The molecule has 4 nitrogen and oxygen atoms in total. The zero-order chi connectivity index (χ0) is 19.2. The number of carbonyl (C=O) groups excluding carboxylic acids is 2. The first-order chi connectivity index (χ1) is 13.0. The molecule has 142 valence electrons. The van der Waals surface area contributed by atoms with E-state index in [1.807, 2.05) is 65.2 Å². The summed E-state index contributed by atoms with van der Waals surface area (Å²) in [5.41, 5.74) is 3.56. The van der Waals surface area contributed by atoms with Crippen LogP contribution in [0.5, 0.6) is 0 Å². The van der Waals surface area contributed by atoms with Gasteiger partial charge >= 0.3 is 0 Å². The van der Waals surface area contributed by atoms with E-state index in [1.165, 1.54) is 5.56 Å². The minimum absolute atomic E-state index is 0.125. The molecule has 1 aliphatic heterocycles. The fraction of sp³-hybridized carbons (Fsp3) is 0.364. The van der Waals surface area contributed by atoms with Gasteiger partial charge in [0.2, 0.25) is 5.91 Å². The van der Waals surface area contributed by atoms with Gasteiger partial charge in [0.25, 0.3) is 5.91 Å². The molecule has 2 amide bonds. The van der Waals surface area contributed by atoms with E-state index in [-0.39, 0.29) is 11.8 Å². The van der Waals surface area contributed by atoms with Crippen LogP contribution in [-0.2, 0) is 11.2 Å². The molecule has 0 aliphatic carbocycles. The highest BCUT2D eigenvalue weighted by Crippen LogP contribution is 2.17. The molecule has 0 aromatic heterocycles. The van der Waals surface area contributed by atoms with Crippen molar-refractivity contribution in [1.82, 2.24) is 4.90 Å². The highest BCUT2D eigenvalue weighted by Gasteiger charge is 2.16. The lowest BCUT2D eigenvalue weighted by Gasteiger charge is -2.26. The Hall–Kier alpha value is -2.27. The Morgan fingerprint density at radius 2 is 1.63 bits per heavy atom. The summed E-state index contributed by atoms with van der Waals surface area (Å²) in [6.45, 7) is 5.94. The molecule has 5 heteroatoms. The summed E-state index contributed by atoms with van der Waals surface area (Å²) in [6, 6.07) is 15.2. The monoisotopic (exact) mass is 382 g/mol.